The second-order valence-electron chi connectivity index (χ2n) is 5.95. The number of carbonyl (C=O) groups excluding carboxylic acids is 1. The molecule has 3 rings (SSSR count). The molecule has 0 radical (unpaired) electrons. The summed E-state index contributed by atoms with van der Waals surface area (Å²) in [5.41, 5.74) is 1.29. The maximum atomic E-state index is 12.4. The van der Waals surface area contributed by atoms with Gasteiger partial charge >= 0.3 is 5.97 Å². The van der Waals surface area contributed by atoms with Crippen LogP contribution in [0.25, 0.3) is 10.9 Å². The molecule has 2 heterocycles. The molecule has 1 aromatic carbocycles. The number of hydrogen-bond donors (Lipinski definition) is 1. The molecule has 2 aromatic rings. The molecule has 1 fully saturated rings. The fraction of sp³-hybridized carbons (Fsp3) is 0.444. The molecule has 0 bridgehead atoms. The van der Waals surface area contributed by atoms with Crippen LogP contribution in [0.3, 0.4) is 0 Å². The largest absolute Gasteiger partial charge is 0.497 e. The average Bonchev–Trinajstić information content (AvgIpc) is 2.61. The lowest BCUT2D eigenvalue weighted by molar-refractivity contribution is 0.0226. The van der Waals surface area contributed by atoms with Crippen LogP contribution in [0.5, 0.6) is 5.75 Å². The maximum absolute atomic E-state index is 12.4. The zero-order valence-corrected chi connectivity index (χ0v) is 13.5. The third kappa shape index (κ3) is 3.62. The molecule has 5 heteroatoms. The van der Waals surface area contributed by atoms with E-state index in [2.05, 4.69) is 10.3 Å². The molecule has 5 nitrogen and oxygen atoms in total. The summed E-state index contributed by atoms with van der Waals surface area (Å²) in [5, 5.41) is 4.27. The van der Waals surface area contributed by atoms with E-state index in [1.54, 1.807) is 19.4 Å². The minimum atomic E-state index is -0.331. The number of esters is 1. The number of carbonyl (C=O) groups is 1. The molecule has 1 N–H and O–H groups in total. The normalized spacial score (nSPS) is 19.3. The van der Waals surface area contributed by atoms with Gasteiger partial charge in [-0.25, -0.2) is 4.79 Å². The number of aromatic nitrogens is 1. The number of fused-ring (bicyclic) bond motifs is 1. The van der Waals surface area contributed by atoms with Crippen LogP contribution in [0.4, 0.5) is 0 Å². The van der Waals surface area contributed by atoms with Crippen molar-refractivity contribution in [2.75, 3.05) is 13.7 Å². The molecule has 0 saturated carbocycles. The molecule has 23 heavy (non-hydrogen) atoms. The van der Waals surface area contributed by atoms with E-state index >= 15 is 0 Å². The van der Waals surface area contributed by atoms with Crippen LogP contribution in [-0.4, -0.2) is 36.8 Å². The van der Waals surface area contributed by atoms with Crippen molar-refractivity contribution >= 4 is 16.9 Å². The Labute approximate surface area is 136 Å². The van der Waals surface area contributed by atoms with Crippen molar-refractivity contribution in [2.45, 2.75) is 38.3 Å². The number of nitrogens with one attached hydrogen (secondary N) is 1. The molecular formula is C18H22N2O3. The highest BCUT2D eigenvalue weighted by atomic mass is 16.5. The van der Waals surface area contributed by atoms with E-state index in [9.17, 15) is 4.79 Å². The van der Waals surface area contributed by atoms with Crippen LogP contribution in [0.2, 0.25) is 0 Å². The molecular weight excluding hydrogens is 292 g/mol. The zero-order valence-electron chi connectivity index (χ0n) is 13.5. The van der Waals surface area contributed by atoms with Gasteiger partial charge in [0.15, 0.2) is 0 Å². The predicted molar refractivity (Wildman–Crippen MR) is 88.8 cm³/mol. The van der Waals surface area contributed by atoms with Gasteiger partial charge in [0.1, 0.15) is 11.9 Å². The Bertz CT molecular complexity index is 696. The van der Waals surface area contributed by atoms with Crippen LogP contribution < -0.4 is 10.1 Å². The van der Waals surface area contributed by atoms with E-state index in [4.69, 9.17) is 9.47 Å². The topological polar surface area (TPSA) is 60.5 Å². The van der Waals surface area contributed by atoms with Gasteiger partial charge in [-0.2, -0.15) is 0 Å². The molecule has 122 valence electrons. The third-order valence-electron chi connectivity index (χ3n) is 4.33. The number of hydrogen-bond acceptors (Lipinski definition) is 5. The van der Waals surface area contributed by atoms with Crippen LogP contribution in [0.1, 0.15) is 36.5 Å². The SMILES string of the molecule is COc1ccc2ncc(C(=O)OC(C)C3CCCCN3)cc2c1. The van der Waals surface area contributed by atoms with Gasteiger partial charge in [-0.1, -0.05) is 6.42 Å². The summed E-state index contributed by atoms with van der Waals surface area (Å²) in [7, 11) is 1.62. The summed E-state index contributed by atoms with van der Waals surface area (Å²) in [4.78, 5) is 16.7. The quantitative estimate of drug-likeness (QED) is 0.879. The highest BCUT2D eigenvalue weighted by Gasteiger charge is 2.23. The lowest BCUT2D eigenvalue weighted by atomic mass is 10.0. The van der Waals surface area contributed by atoms with E-state index in [0.717, 1.165) is 29.6 Å². The number of ether oxygens (including phenoxy) is 2. The number of rotatable bonds is 4. The van der Waals surface area contributed by atoms with E-state index in [1.807, 2.05) is 25.1 Å². The van der Waals surface area contributed by atoms with Crippen LogP contribution in [0.15, 0.2) is 30.5 Å². The van der Waals surface area contributed by atoms with Crippen molar-refractivity contribution in [3.8, 4) is 5.75 Å². The van der Waals surface area contributed by atoms with Gasteiger partial charge in [-0.3, -0.25) is 4.98 Å². The van der Waals surface area contributed by atoms with Crippen molar-refractivity contribution in [3.05, 3.63) is 36.0 Å². The van der Waals surface area contributed by atoms with Crippen molar-refractivity contribution in [2.24, 2.45) is 0 Å². The van der Waals surface area contributed by atoms with Crippen LogP contribution in [0, 0.1) is 0 Å². The van der Waals surface area contributed by atoms with Crippen molar-refractivity contribution in [1.29, 1.82) is 0 Å². The van der Waals surface area contributed by atoms with Gasteiger partial charge < -0.3 is 14.8 Å². The van der Waals surface area contributed by atoms with Gasteiger partial charge in [0, 0.05) is 17.6 Å². The first kappa shape index (κ1) is 15.7. The van der Waals surface area contributed by atoms with Gasteiger partial charge in [0.2, 0.25) is 0 Å². The molecule has 1 aromatic heterocycles. The minimum absolute atomic E-state index is 0.149. The number of nitrogens with zero attached hydrogens (tertiary/aromatic N) is 1. The molecule has 1 aliphatic heterocycles. The standard InChI is InChI=1S/C18H22N2O3/c1-12(16-5-3-4-8-19-16)23-18(21)14-9-13-10-15(22-2)6-7-17(13)20-11-14/h6-7,9-12,16,19H,3-5,8H2,1-2H3. The molecule has 1 aliphatic rings. The number of pyridine rings is 1. The van der Waals surface area contributed by atoms with E-state index in [-0.39, 0.29) is 18.1 Å². The summed E-state index contributed by atoms with van der Waals surface area (Å²) in [5.74, 6) is 0.409. The summed E-state index contributed by atoms with van der Waals surface area (Å²) >= 11 is 0. The number of benzene rings is 1. The Morgan fingerprint density at radius 2 is 2.22 bits per heavy atom. The van der Waals surface area contributed by atoms with Crippen LogP contribution >= 0.6 is 0 Å². The minimum Gasteiger partial charge on any atom is -0.497 e. The molecule has 0 spiro atoms. The van der Waals surface area contributed by atoms with Crippen molar-refractivity contribution in [3.63, 3.8) is 0 Å². The monoisotopic (exact) mass is 314 g/mol. The lowest BCUT2D eigenvalue weighted by Gasteiger charge is -2.28. The Balaban J connectivity index is 1.74. The van der Waals surface area contributed by atoms with E-state index in [1.165, 1.54) is 12.8 Å². The highest BCUT2D eigenvalue weighted by molar-refractivity contribution is 5.94. The fourth-order valence-corrected chi connectivity index (χ4v) is 2.95. The smallest absolute Gasteiger partial charge is 0.340 e. The van der Waals surface area contributed by atoms with Gasteiger partial charge in [0.05, 0.1) is 18.2 Å². The molecule has 2 atom stereocenters. The lowest BCUT2D eigenvalue weighted by Crippen LogP contribution is -2.43. The highest BCUT2D eigenvalue weighted by Crippen LogP contribution is 2.21. The van der Waals surface area contributed by atoms with Crippen LogP contribution in [-0.2, 0) is 4.74 Å². The Morgan fingerprint density at radius 1 is 1.35 bits per heavy atom. The van der Waals surface area contributed by atoms with Crippen molar-refractivity contribution < 1.29 is 14.3 Å². The first-order valence-corrected chi connectivity index (χ1v) is 8.05. The van der Waals surface area contributed by atoms with Gasteiger partial charge in [-0.05, 0) is 50.6 Å². The third-order valence-corrected chi connectivity index (χ3v) is 4.33. The molecule has 0 amide bonds. The number of piperidine rings is 1. The Kier molecular flexibility index (Phi) is 4.76. The van der Waals surface area contributed by atoms with Gasteiger partial charge in [-0.15, -0.1) is 0 Å². The fourth-order valence-electron chi connectivity index (χ4n) is 2.95. The summed E-state index contributed by atoms with van der Waals surface area (Å²) < 4.78 is 10.8. The van der Waals surface area contributed by atoms with Crippen molar-refractivity contribution in [1.82, 2.24) is 10.3 Å². The van der Waals surface area contributed by atoms with E-state index < -0.39 is 0 Å². The molecule has 1 saturated heterocycles. The first-order valence-electron chi connectivity index (χ1n) is 8.05. The molecule has 0 aliphatic carbocycles. The predicted octanol–water partition coefficient (Wildman–Crippen LogP) is 2.93. The summed E-state index contributed by atoms with van der Waals surface area (Å²) in [6, 6.07) is 7.63. The zero-order chi connectivity index (χ0) is 16.2. The summed E-state index contributed by atoms with van der Waals surface area (Å²) in [6.07, 6.45) is 4.83. The second kappa shape index (κ2) is 6.96. The molecule has 2 unspecified atom stereocenters. The number of methoxy groups -OCH3 is 1. The summed E-state index contributed by atoms with van der Waals surface area (Å²) in [6.45, 7) is 2.93. The Hall–Kier alpha value is -2.14. The first-order chi connectivity index (χ1) is 11.2. The maximum Gasteiger partial charge on any atom is 0.340 e. The van der Waals surface area contributed by atoms with E-state index in [0.29, 0.717) is 5.56 Å². The average molecular weight is 314 g/mol. The van der Waals surface area contributed by atoms with Gasteiger partial charge in [0.25, 0.3) is 0 Å². The second-order valence-corrected chi connectivity index (χ2v) is 5.95. The Morgan fingerprint density at radius 3 is 2.96 bits per heavy atom.